The van der Waals surface area contributed by atoms with Crippen molar-refractivity contribution in [2.24, 2.45) is 0 Å². The van der Waals surface area contributed by atoms with E-state index >= 15 is 0 Å². The lowest BCUT2D eigenvalue weighted by molar-refractivity contribution is 0.185. The van der Waals surface area contributed by atoms with Gasteiger partial charge in [-0.3, -0.25) is 0 Å². The van der Waals surface area contributed by atoms with Crippen LogP contribution < -0.4 is 5.32 Å². The van der Waals surface area contributed by atoms with Crippen molar-refractivity contribution >= 4 is 15.9 Å². The van der Waals surface area contributed by atoms with E-state index in [4.69, 9.17) is 0 Å². The van der Waals surface area contributed by atoms with Crippen molar-refractivity contribution in [2.45, 2.75) is 45.6 Å². The highest BCUT2D eigenvalue weighted by atomic mass is 32.2. The van der Waals surface area contributed by atoms with E-state index in [2.05, 4.69) is 24.1 Å². The summed E-state index contributed by atoms with van der Waals surface area (Å²) < 4.78 is 25.0. The Labute approximate surface area is 158 Å². The zero-order valence-electron chi connectivity index (χ0n) is 16.7. The Hall–Kier alpha value is -1.60. The van der Waals surface area contributed by atoms with Gasteiger partial charge in [-0.2, -0.15) is 0 Å². The second-order valence-electron chi connectivity index (χ2n) is 6.68. The maximum atomic E-state index is 12.5. The monoisotopic (exact) mass is 383 g/mol. The number of nitrogens with one attached hydrogen (secondary N) is 1. The van der Waals surface area contributed by atoms with E-state index in [1.54, 1.807) is 29.2 Å². The minimum Gasteiger partial charge on any atom is -0.337 e. The van der Waals surface area contributed by atoms with Gasteiger partial charge in [0.15, 0.2) is 9.84 Å². The number of amides is 2. The summed E-state index contributed by atoms with van der Waals surface area (Å²) in [7, 11) is -3.41. The van der Waals surface area contributed by atoms with Gasteiger partial charge in [-0.1, -0.05) is 31.5 Å². The number of urea groups is 1. The second kappa shape index (κ2) is 10.5. The number of rotatable bonds is 10. The quantitative estimate of drug-likeness (QED) is 0.674. The molecule has 0 bridgehead atoms. The summed E-state index contributed by atoms with van der Waals surface area (Å²) in [6.07, 6.45) is 0. The van der Waals surface area contributed by atoms with Crippen LogP contribution in [0.1, 0.15) is 33.3 Å². The number of hydrogen-bond acceptors (Lipinski definition) is 4. The van der Waals surface area contributed by atoms with Gasteiger partial charge < -0.3 is 15.1 Å². The fraction of sp³-hybridized carbons (Fsp3) is 0.632. The summed E-state index contributed by atoms with van der Waals surface area (Å²) in [6, 6.07) is 6.52. The molecule has 0 fully saturated rings. The summed E-state index contributed by atoms with van der Waals surface area (Å²) in [4.78, 5) is 16.5. The fourth-order valence-corrected chi connectivity index (χ4v) is 3.86. The van der Waals surface area contributed by atoms with E-state index in [1.807, 2.05) is 20.8 Å². The highest BCUT2D eigenvalue weighted by molar-refractivity contribution is 7.91. The molecule has 0 aliphatic heterocycles. The van der Waals surface area contributed by atoms with Gasteiger partial charge in [0, 0.05) is 25.7 Å². The minimum atomic E-state index is -3.41. The number of carbonyl (C=O) groups is 1. The molecule has 0 unspecified atom stereocenters. The molecule has 0 aromatic heterocycles. The Balaban J connectivity index is 2.64. The first-order chi connectivity index (χ1) is 12.2. The summed E-state index contributed by atoms with van der Waals surface area (Å²) in [5.74, 6) is -0.0856. The molecule has 0 saturated heterocycles. The van der Waals surface area contributed by atoms with Crippen LogP contribution >= 0.6 is 0 Å². The number of benzene rings is 1. The van der Waals surface area contributed by atoms with Crippen molar-refractivity contribution in [3.05, 3.63) is 29.8 Å². The van der Waals surface area contributed by atoms with Crippen molar-refractivity contribution < 1.29 is 13.2 Å². The molecule has 1 aromatic rings. The summed E-state index contributed by atoms with van der Waals surface area (Å²) in [5, 5.41) is 2.90. The van der Waals surface area contributed by atoms with Gasteiger partial charge in [0.25, 0.3) is 0 Å². The maximum Gasteiger partial charge on any atom is 0.317 e. The molecule has 0 aliphatic rings. The predicted octanol–water partition coefficient (Wildman–Crippen LogP) is 2.53. The third-order valence-corrected chi connectivity index (χ3v) is 6.17. The lowest BCUT2D eigenvalue weighted by Gasteiger charge is -2.27. The molecule has 0 saturated carbocycles. The van der Waals surface area contributed by atoms with Gasteiger partial charge in [-0.25, -0.2) is 13.2 Å². The minimum absolute atomic E-state index is 0.0725. The Bertz CT molecular complexity index is 653. The number of hydrogen-bond donors (Lipinski definition) is 1. The van der Waals surface area contributed by atoms with E-state index < -0.39 is 9.84 Å². The Kier molecular flexibility index (Phi) is 9.08. The van der Waals surface area contributed by atoms with Crippen LogP contribution in [0.25, 0.3) is 0 Å². The van der Waals surface area contributed by atoms with Gasteiger partial charge in [-0.15, -0.1) is 0 Å². The van der Waals surface area contributed by atoms with Crippen molar-refractivity contribution in [1.82, 2.24) is 15.1 Å². The topological polar surface area (TPSA) is 69.7 Å². The maximum absolute atomic E-state index is 12.5. The summed E-state index contributed by atoms with van der Waals surface area (Å²) in [5.41, 5.74) is 1.01. The lowest BCUT2D eigenvalue weighted by atomic mass is 10.2. The molecule has 1 aromatic carbocycles. The molecule has 7 heteroatoms. The summed E-state index contributed by atoms with van der Waals surface area (Å²) >= 11 is 0. The average Bonchev–Trinajstić information content (AvgIpc) is 2.59. The molecule has 1 N–H and O–H groups in total. The van der Waals surface area contributed by atoms with Gasteiger partial charge in [-0.05, 0) is 46.0 Å². The fourth-order valence-electron chi connectivity index (χ4n) is 2.64. The molecular formula is C19H33N3O3S. The van der Waals surface area contributed by atoms with Gasteiger partial charge in [0.2, 0.25) is 0 Å². The molecule has 1 rings (SSSR count). The first-order valence-corrected chi connectivity index (χ1v) is 10.9. The SMILES string of the molecule is CCN(CC)CCNC(=O)N(CCS(=O)(=O)c1ccc(C)cc1)C(C)C. The van der Waals surface area contributed by atoms with E-state index in [0.29, 0.717) is 11.4 Å². The van der Waals surface area contributed by atoms with Crippen LogP contribution in [0.2, 0.25) is 0 Å². The molecule has 0 aliphatic carbocycles. The molecule has 0 radical (unpaired) electrons. The van der Waals surface area contributed by atoms with Crippen molar-refractivity contribution in [2.75, 3.05) is 38.5 Å². The Morgan fingerprint density at radius 2 is 1.65 bits per heavy atom. The Morgan fingerprint density at radius 1 is 1.08 bits per heavy atom. The Morgan fingerprint density at radius 3 is 2.15 bits per heavy atom. The number of aryl methyl sites for hydroxylation is 1. The van der Waals surface area contributed by atoms with Gasteiger partial charge in [0.1, 0.15) is 0 Å². The van der Waals surface area contributed by atoms with Gasteiger partial charge in [0.05, 0.1) is 10.6 Å². The molecule has 0 heterocycles. The van der Waals surface area contributed by atoms with Crippen molar-refractivity contribution in [3.63, 3.8) is 0 Å². The van der Waals surface area contributed by atoms with Crippen LogP contribution in [0, 0.1) is 6.92 Å². The predicted molar refractivity (Wildman–Crippen MR) is 106 cm³/mol. The zero-order chi connectivity index (χ0) is 19.7. The summed E-state index contributed by atoms with van der Waals surface area (Å²) in [6.45, 7) is 13.3. The largest absolute Gasteiger partial charge is 0.337 e. The molecule has 26 heavy (non-hydrogen) atoms. The highest BCUT2D eigenvalue weighted by Crippen LogP contribution is 2.13. The number of carbonyl (C=O) groups excluding carboxylic acids is 1. The molecular weight excluding hydrogens is 350 g/mol. The van der Waals surface area contributed by atoms with E-state index in [-0.39, 0.29) is 24.4 Å². The van der Waals surface area contributed by atoms with Crippen LogP contribution in [0.4, 0.5) is 4.79 Å². The third kappa shape index (κ3) is 6.96. The second-order valence-corrected chi connectivity index (χ2v) is 8.79. The first kappa shape index (κ1) is 22.4. The number of nitrogens with zero attached hydrogens (tertiary/aromatic N) is 2. The highest BCUT2D eigenvalue weighted by Gasteiger charge is 2.21. The first-order valence-electron chi connectivity index (χ1n) is 9.27. The molecule has 2 amide bonds. The third-order valence-electron chi connectivity index (χ3n) is 4.46. The van der Waals surface area contributed by atoms with Crippen molar-refractivity contribution in [3.8, 4) is 0 Å². The van der Waals surface area contributed by atoms with Gasteiger partial charge >= 0.3 is 6.03 Å². The smallest absolute Gasteiger partial charge is 0.317 e. The van der Waals surface area contributed by atoms with Crippen LogP contribution in [-0.4, -0.2) is 68.8 Å². The van der Waals surface area contributed by atoms with E-state index in [9.17, 15) is 13.2 Å². The molecule has 6 nitrogen and oxygen atoms in total. The van der Waals surface area contributed by atoms with E-state index in [0.717, 1.165) is 25.2 Å². The van der Waals surface area contributed by atoms with Crippen LogP contribution in [-0.2, 0) is 9.84 Å². The number of likely N-dealkylation sites (N-methyl/N-ethyl adjacent to an activating group) is 1. The number of sulfone groups is 1. The van der Waals surface area contributed by atoms with E-state index in [1.165, 1.54) is 0 Å². The molecule has 0 spiro atoms. The van der Waals surface area contributed by atoms with Crippen LogP contribution in [0.5, 0.6) is 0 Å². The normalized spacial score (nSPS) is 11.8. The average molecular weight is 384 g/mol. The lowest BCUT2D eigenvalue weighted by Crippen LogP contribution is -2.47. The van der Waals surface area contributed by atoms with Crippen molar-refractivity contribution in [1.29, 1.82) is 0 Å². The standard InChI is InChI=1S/C19H33N3O3S/c1-6-21(7-2)13-12-20-19(23)22(16(3)4)14-15-26(24,25)18-10-8-17(5)9-11-18/h8-11,16H,6-7,12-15H2,1-5H3,(H,20,23). The zero-order valence-corrected chi connectivity index (χ0v) is 17.5. The van der Waals surface area contributed by atoms with Crippen LogP contribution in [0.3, 0.4) is 0 Å². The van der Waals surface area contributed by atoms with Crippen LogP contribution in [0.15, 0.2) is 29.2 Å². The molecule has 148 valence electrons. The molecule has 0 atom stereocenters.